The predicted octanol–water partition coefficient (Wildman–Crippen LogP) is 4.76. The lowest BCUT2D eigenvalue weighted by Gasteiger charge is -2.18. The number of methoxy groups -OCH3 is 1. The second-order valence-corrected chi connectivity index (χ2v) is 6.67. The van der Waals surface area contributed by atoms with E-state index in [2.05, 4.69) is 34.0 Å². The van der Waals surface area contributed by atoms with Crippen molar-refractivity contribution >= 4 is 11.6 Å². The number of rotatable bonds is 10. The number of ether oxygens (including phenoxy) is 2. The van der Waals surface area contributed by atoms with E-state index in [1.54, 1.807) is 24.5 Å². The van der Waals surface area contributed by atoms with Crippen LogP contribution in [0.2, 0.25) is 0 Å². The Kier molecular flexibility index (Phi) is 7.57. The van der Waals surface area contributed by atoms with Crippen molar-refractivity contribution in [3.05, 3.63) is 60.7 Å². The number of likely N-dealkylation sites (N-methyl/N-ethyl adjacent to an activating group) is 1. The van der Waals surface area contributed by atoms with Crippen LogP contribution in [0.3, 0.4) is 0 Å². The Bertz CT molecular complexity index is 929. The molecule has 0 fully saturated rings. The highest BCUT2D eigenvalue weighted by Crippen LogP contribution is 2.25. The van der Waals surface area contributed by atoms with Crippen molar-refractivity contribution in [3.63, 3.8) is 0 Å². The molecule has 6 nitrogen and oxygen atoms in total. The van der Waals surface area contributed by atoms with E-state index in [0.717, 1.165) is 36.6 Å². The molecule has 1 N–H and O–H groups in total. The topological polar surface area (TPSA) is 59.5 Å². The molecular formula is C23H27FN4O2. The molecule has 0 aliphatic carbocycles. The molecule has 0 aliphatic rings. The minimum Gasteiger partial charge on any atom is -0.494 e. The molecule has 3 aromatic rings. The molecule has 0 saturated heterocycles. The Morgan fingerprint density at radius 2 is 1.67 bits per heavy atom. The zero-order chi connectivity index (χ0) is 21.3. The summed E-state index contributed by atoms with van der Waals surface area (Å²) >= 11 is 0. The van der Waals surface area contributed by atoms with Gasteiger partial charge in [-0.3, -0.25) is 0 Å². The van der Waals surface area contributed by atoms with Gasteiger partial charge in [-0.05, 0) is 55.1 Å². The van der Waals surface area contributed by atoms with Gasteiger partial charge in [0, 0.05) is 30.2 Å². The zero-order valence-electron chi connectivity index (χ0n) is 17.6. The van der Waals surface area contributed by atoms with E-state index < -0.39 is 5.82 Å². The third-order valence-electron chi connectivity index (χ3n) is 4.82. The predicted molar refractivity (Wildman–Crippen MR) is 117 cm³/mol. The Morgan fingerprint density at radius 3 is 2.27 bits per heavy atom. The highest BCUT2D eigenvalue weighted by molar-refractivity contribution is 5.64. The fraction of sp³-hybridized carbons (Fsp3) is 0.304. The Morgan fingerprint density at radius 1 is 0.967 bits per heavy atom. The van der Waals surface area contributed by atoms with Crippen LogP contribution in [0.15, 0.2) is 54.9 Å². The van der Waals surface area contributed by atoms with Gasteiger partial charge in [-0.25, -0.2) is 14.4 Å². The van der Waals surface area contributed by atoms with Crippen LogP contribution in [-0.2, 0) is 0 Å². The molecule has 1 heterocycles. The maximum absolute atomic E-state index is 13.9. The summed E-state index contributed by atoms with van der Waals surface area (Å²) in [6.07, 6.45) is 3.31. The quantitative estimate of drug-likeness (QED) is 0.520. The fourth-order valence-corrected chi connectivity index (χ4v) is 2.98. The molecule has 0 atom stereocenters. The first-order valence-electron chi connectivity index (χ1n) is 10.0. The molecule has 0 amide bonds. The standard InChI is InChI=1S/C23H27FN4O2/c1-4-28(5-2)12-13-30-20-9-7-19(8-10-20)27-23-25-15-18(16-26-23)17-6-11-22(29-3)21(24)14-17/h6-11,14-16H,4-5,12-13H2,1-3H3,(H,25,26,27). The molecule has 7 heteroatoms. The number of hydrogen-bond donors (Lipinski definition) is 1. The highest BCUT2D eigenvalue weighted by atomic mass is 19.1. The van der Waals surface area contributed by atoms with E-state index in [1.807, 2.05) is 24.3 Å². The first-order valence-corrected chi connectivity index (χ1v) is 10.0. The molecule has 30 heavy (non-hydrogen) atoms. The molecule has 2 aromatic carbocycles. The second-order valence-electron chi connectivity index (χ2n) is 6.67. The molecule has 1 aromatic heterocycles. The molecule has 3 rings (SSSR count). The minimum atomic E-state index is -0.420. The summed E-state index contributed by atoms with van der Waals surface area (Å²) in [4.78, 5) is 11.0. The van der Waals surface area contributed by atoms with Gasteiger partial charge in [0.25, 0.3) is 0 Å². The van der Waals surface area contributed by atoms with Gasteiger partial charge >= 0.3 is 0 Å². The van der Waals surface area contributed by atoms with Crippen LogP contribution in [0.5, 0.6) is 11.5 Å². The van der Waals surface area contributed by atoms with Gasteiger partial charge < -0.3 is 19.7 Å². The van der Waals surface area contributed by atoms with Crippen LogP contribution in [0.1, 0.15) is 13.8 Å². The van der Waals surface area contributed by atoms with E-state index >= 15 is 0 Å². The van der Waals surface area contributed by atoms with E-state index in [-0.39, 0.29) is 5.75 Å². The summed E-state index contributed by atoms with van der Waals surface area (Å²) in [5.41, 5.74) is 2.26. The van der Waals surface area contributed by atoms with Crippen LogP contribution < -0.4 is 14.8 Å². The lowest BCUT2D eigenvalue weighted by molar-refractivity contribution is 0.223. The second kappa shape index (κ2) is 10.5. The average molecular weight is 410 g/mol. The Hall–Kier alpha value is -3.19. The van der Waals surface area contributed by atoms with Crippen LogP contribution >= 0.6 is 0 Å². The Labute approximate surface area is 176 Å². The normalized spacial score (nSPS) is 10.8. The summed E-state index contributed by atoms with van der Waals surface area (Å²) in [5.74, 6) is 1.07. The van der Waals surface area contributed by atoms with Crippen molar-refractivity contribution in [2.45, 2.75) is 13.8 Å². The van der Waals surface area contributed by atoms with Crippen LogP contribution in [0.25, 0.3) is 11.1 Å². The van der Waals surface area contributed by atoms with Gasteiger partial charge in [0.1, 0.15) is 12.4 Å². The van der Waals surface area contributed by atoms with Crippen molar-refractivity contribution in [3.8, 4) is 22.6 Å². The third kappa shape index (κ3) is 5.67. The van der Waals surface area contributed by atoms with Crippen molar-refractivity contribution in [1.29, 1.82) is 0 Å². The van der Waals surface area contributed by atoms with Gasteiger partial charge in [-0.1, -0.05) is 19.9 Å². The number of hydrogen-bond acceptors (Lipinski definition) is 6. The van der Waals surface area contributed by atoms with E-state index in [1.165, 1.54) is 13.2 Å². The van der Waals surface area contributed by atoms with Gasteiger partial charge in [-0.15, -0.1) is 0 Å². The van der Waals surface area contributed by atoms with Gasteiger partial charge in [-0.2, -0.15) is 0 Å². The fourth-order valence-electron chi connectivity index (χ4n) is 2.98. The van der Waals surface area contributed by atoms with Crippen molar-refractivity contribution in [1.82, 2.24) is 14.9 Å². The van der Waals surface area contributed by atoms with Crippen LogP contribution in [0.4, 0.5) is 16.0 Å². The monoisotopic (exact) mass is 410 g/mol. The lowest BCUT2D eigenvalue weighted by atomic mass is 10.1. The summed E-state index contributed by atoms with van der Waals surface area (Å²) in [5, 5.41) is 3.15. The van der Waals surface area contributed by atoms with Gasteiger partial charge in [0.2, 0.25) is 5.95 Å². The summed E-state index contributed by atoms with van der Waals surface area (Å²) in [6, 6.07) is 12.4. The highest BCUT2D eigenvalue weighted by Gasteiger charge is 2.07. The largest absolute Gasteiger partial charge is 0.494 e. The number of benzene rings is 2. The van der Waals surface area contributed by atoms with Crippen molar-refractivity contribution < 1.29 is 13.9 Å². The van der Waals surface area contributed by atoms with Crippen LogP contribution in [-0.4, -0.2) is 48.2 Å². The number of nitrogens with zero attached hydrogens (tertiary/aromatic N) is 3. The number of anilines is 2. The van der Waals surface area contributed by atoms with E-state index in [0.29, 0.717) is 18.1 Å². The average Bonchev–Trinajstić information content (AvgIpc) is 2.78. The molecule has 0 bridgehead atoms. The molecule has 0 saturated carbocycles. The number of aromatic nitrogens is 2. The number of nitrogens with one attached hydrogen (secondary N) is 1. The minimum absolute atomic E-state index is 0.207. The zero-order valence-corrected chi connectivity index (χ0v) is 17.6. The first kappa shape index (κ1) is 21.5. The number of halogens is 1. The van der Waals surface area contributed by atoms with Gasteiger partial charge in [0.15, 0.2) is 11.6 Å². The molecule has 0 aliphatic heterocycles. The van der Waals surface area contributed by atoms with Crippen LogP contribution in [0, 0.1) is 5.82 Å². The molecular weight excluding hydrogens is 383 g/mol. The summed E-state index contributed by atoms with van der Waals surface area (Å²) in [7, 11) is 1.44. The SMILES string of the molecule is CCN(CC)CCOc1ccc(Nc2ncc(-c3ccc(OC)c(F)c3)cn2)cc1. The molecule has 0 unspecified atom stereocenters. The third-order valence-corrected chi connectivity index (χ3v) is 4.82. The lowest BCUT2D eigenvalue weighted by Crippen LogP contribution is -2.27. The molecule has 0 radical (unpaired) electrons. The van der Waals surface area contributed by atoms with Crippen molar-refractivity contribution in [2.24, 2.45) is 0 Å². The first-order chi connectivity index (χ1) is 14.6. The molecule has 0 spiro atoms. The maximum Gasteiger partial charge on any atom is 0.227 e. The smallest absolute Gasteiger partial charge is 0.227 e. The molecule has 158 valence electrons. The Balaban J connectivity index is 1.57. The summed E-state index contributed by atoms with van der Waals surface area (Å²) < 4.78 is 24.6. The van der Waals surface area contributed by atoms with Gasteiger partial charge in [0.05, 0.1) is 7.11 Å². The summed E-state index contributed by atoms with van der Waals surface area (Å²) in [6.45, 7) is 7.90. The van der Waals surface area contributed by atoms with Crippen molar-refractivity contribution in [2.75, 3.05) is 38.7 Å². The van der Waals surface area contributed by atoms with E-state index in [4.69, 9.17) is 9.47 Å². The van der Waals surface area contributed by atoms with E-state index in [9.17, 15) is 4.39 Å². The maximum atomic E-state index is 13.9.